The van der Waals surface area contributed by atoms with Crippen molar-refractivity contribution in [2.45, 2.75) is 13.3 Å². The van der Waals surface area contributed by atoms with Gasteiger partial charge in [0.1, 0.15) is 0 Å². The van der Waals surface area contributed by atoms with E-state index in [2.05, 4.69) is 0 Å². The first-order chi connectivity index (χ1) is 7.36. The Kier molecular flexibility index (Phi) is 4.10. The minimum Gasteiger partial charge on any atom is -0.308 e. The second-order valence-electron chi connectivity index (χ2n) is 3.22. The predicted molar refractivity (Wildman–Crippen MR) is 60.6 cm³/mol. The van der Waals surface area contributed by atoms with Gasteiger partial charge in [-0.1, -0.05) is 29.3 Å². The van der Waals surface area contributed by atoms with Crippen LogP contribution in [0.1, 0.15) is 5.56 Å². The van der Waals surface area contributed by atoms with Crippen LogP contribution in [0.4, 0.5) is 14.5 Å². The highest BCUT2D eigenvalue weighted by molar-refractivity contribution is 6.40. The first-order valence-corrected chi connectivity index (χ1v) is 5.12. The highest BCUT2D eigenvalue weighted by Crippen LogP contribution is 2.35. The van der Waals surface area contributed by atoms with Crippen molar-refractivity contribution < 1.29 is 13.6 Å². The third-order valence-electron chi connectivity index (χ3n) is 2.11. The summed E-state index contributed by atoms with van der Waals surface area (Å²) in [6.45, 7) is 1.70. The molecule has 0 saturated heterocycles. The Morgan fingerprint density at radius 3 is 2.44 bits per heavy atom. The Balaban J connectivity index is 3.23. The third-order valence-corrected chi connectivity index (χ3v) is 2.89. The lowest BCUT2D eigenvalue weighted by Crippen LogP contribution is -2.32. The van der Waals surface area contributed by atoms with Gasteiger partial charge >= 0.3 is 6.43 Å². The monoisotopic (exact) mass is 267 g/mol. The molecule has 6 heteroatoms. The molecule has 0 bridgehead atoms. The molecule has 0 spiro atoms. The Hall–Kier alpha value is -0.870. The van der Waals surface area contributed by atoms with Gasteiger partial charge in [-0.3, -0.25) is 4.79 Å². The van der Waals surface area contributed by atoms with Crippen LogP contribution >= 0.6 is 23.2 Å². The van der Waals surface area contributed by atoms with Crippen LogP contribution < -0.4 is 4.90 Å². The molecule has 1 aromatic rings. The first kappa shape index (κ1) is 13.2. The van der Waals surface area contributed by atoms with E-state index in [1.54, 1.807) is 13.0 Å². The van der Waals surface area contributed by atoms with E-state index < -0.39 is 12.3 Å². The zero-order valence-corrected chi connectivity index (χ0v) is 10.1. The molecule has 1 rings (SSSR count). The molecule has 0 aliphatic carbocycles. The number of carbonyl (C=O) groups excluding carboxylic acids is 1. The van der Waals surface area contributed by atoms with Gasteiger partial charge in [0.25, 0.3) is 5.91 Å². The summed E-state index contributed by atoms with van der Waals surface area (Å²) in [4.78, 5) is 11.9. The highest BCUT2D eigenvalue weighted by atomic mass is 35.5. The molecule has 0 fully saturated rings. The van der Waals surface area contributed by atoms with E-state index in [0.717, 1.165) is 4.90 Å². The topological polar surface area (TPSA) is 20.3 Å². The van der Waals surface area contributed by atoms with Gasteiger partial charge in [-0.2, -0.15) is 8.78 Å². The number of carbonyl (C=O) groups is 1. The van der Waals surface area contributed by atoms with E-state index in [1.807, 2.05) is 0 Å². The minimum absolute atomic E-state index is 0.105. The molecule has 0 atom stereocenters. The summed E-state index contributed by atoms with van der Waals surface area (Å²) in [6.07, 6.45) is -3.09. The number of hydrogen-bond acceptors (Lipinski definition) is 1. The number of alkyl halides is 2. The summed E-state index contributed by atoms with van der Waals surface area (Å²) in [5.41, 5.74) is 0.767. The minimum atomic E-state index is -3.09. The van der Waals surface area contributed by atoms with Crippen LogP contribution in [0.2, 0.25) is 10.0 Å². The number of rotatable bonds is 2. The van der Waals surface area contributed by atoms with Gasteiger partial charge < -0.3 is 4.90 Å². The van der Waals surface area contributed by atoms with Crippen molar-refractivity contribution in [3.05, 3.63) is 27.7 Å². The van der Waals surface area contributed by atoms with E-state index in [9.17, 15) is 13.6 Å². The first-order valence-electron chi connectivity index (χ1n) is 4.36. The largest absolute Gasteiger partial charge is 0.316 e. The van der Waals surface area contributed by atoms with Gasteiger partial charge in [0.2, 0.25) is 0 Å². The number of benzene rings is 1. The standard InChI is InChI=1S/C10H9Cl2F2NO/c1-5-3-4-6(11)8(7(5)12)15(2)10(16)9(13)14/h3-4,9H,1-2H3. The van der Waals surface area contributed by atoms with Gasteiger partial charge in [0.05, 0.1) is 15.7 Å². The Morgan fingerprint density at radius 1 is 1.38 bits per heavy atom. The van der Waals surface area contributed by atoms with Crippen LogP contribution in [0, 0.1) is 6.92 Å². The highest BCUT2D eigenvalue weighted by Gasteiger charge is 2.25. The number of anilines is 1. The fourth-order valence-electron chi connectivity index (χ4n) is 1.21. The van der Waals surface area contributed by atoms with Crippen LogP contribution in [0.5, 0.6) is 0 Å². The Morgan fingerprint density at radius 2 is 1.94 bits per heavy atom. The molecule has 0 aliphatic heterocycles. The summed E-state index contributed by atoms with van der Waals surface area (Å²) in [5.74, 6) is -1.34. The van der Waals surface area contributed by atoms with Crippen molar-refractivity contribution >= 4 is 34.8 Å². The van der Waals surface area contributed by atoms with Crippen LogP contribution in [-0.2, 0) is 4.79 Å². The number of amides is 1. The number of nitrogens with zero attached hydrogens (tertiary/aromatic N) is 1. The van der Waals surface area contributed by atoms with E-state index >= 15 is 0 Å². The number of halogens is 4. The molecule has 16 heavy (non-hydrogen) atoms. The summed E-state index contributed by atoms with van der Waals surface area (Å²) in [7, 11) is 1.21. The van der Waals surface area contributed by atoms with Crippen LogP contribution in [0.3, 0.4) is 0 Å². The van der Waals surface area contributed by atoms with E-state index in [1.165, 1.54) is 13.1 Å². The molecule has 0 N–H and O–H groups in total. The van der Waals surface area contributed by atoms with Gasteiger partial charge in [-0.15, -0.1) is 0 Å². The van der Waals surface area contributed by atoms with E-state index in [-0.39, 0.29) is 15.7 Å². The smallest absolute Gasteiger partial charge is 0.308 e. The molecular formula is C10H9Cl2F2NO. The zero-order valence-electron chi connectivity index (χ0n) is 8.60. The molecule has 2 nitrogen and oxygen atoms in total. The van der Waals surface area contributed by atoms with Crippen molar-refractivity contribution in [2.75, 3.05) is 11.9 Å². The van der Waals surface area contributed by atoms with Crippen molar-refractivity contribution in [3.8, 4) is 0 Å². The lowest BCUT2D eigenvalue weighted by atomic mass is 10.2. The SMILES string of the molecule is Cc1ccc(Cl)c(N(C)C(=O)C(F)F)c1Cl. The molecule has 1 amide bonds. The summed E-state index contributed by atoms with van der Waals surface area (Å²) in [5, 5.41) is 0.358. The van der Waals surface area contributed by atoms with Gasteiger partial charge in [-0.05, 0) is 18.6 Å². The maximum Gasteiger partial charge on any atom is 0.316 e. The molecule has 0 heterocycles. The fraction of sp³-hybridized carbons (Fsp3) is 0.300. The average Bonchev–Trinajstić information content (AvgIpc) is 2.22. The Bertz CT molecular complexity index is 424. The van der Waals surface area contributed by atoms with Crippen molar-refractivity contribution in [3.63, 3.8) is 0 Å². The molecule has 0 radical (unpaired) electrons. The van der Waals surface area contributed by atoms with Crippen molar-refractivity contribution in [1.29, 1.82) is 0 Å². The fourth-order valence-corrected chi connectivity index (χ4v) is 1.83. The summed E-state index contributed by atoms with van der Waals surface area (Å²) < 4.78 is 24.5. The second kappa shape index (κ2) is 4.97. The van der Waals surface area contributed by atoms with Crippen LogP contribution in [0.15, 0.2) is 12.1 Å². The molecule has 1 aromatic carbocycles. The van der Waals surface area contributed by atoms with Gasteiger partial charge in [-0.25, -0.2) is 0 Å². The maximum absolute atomic E-state index is 12.3. The predicted octanol–water partition coefficient (Wildman–Crippen LogP) is 3.53. The van der Waals surface area contributed by atoms with Crippen molar-refractivity contribution in [1.82, 2.24) is 0 Å². The summed E-state index contributed by atoms with van der Waals surface area (Å²) >= 11 is 11.7. The lowest BCUT2D eigenvalue weighted by molar-refractivity contribution is -0.128. The normalized spacial score (nSPS) is 10.7. The molecule has 0 unspecified atom stereocenters. The van der Waals surface area contributed by atoms with E-state index in [0.29, 0.717) is 5.56 Å². The zero-order chi connectivity index (χ0) is 12.5. The molecular weight excluding hydrogens is 259 g/mol. The molecule has 0 saturated carbocycles. The number of aryl methyl sites for hydroxylation is 1. The van der Waals surface area contributed by atoms with Crippen molar-refractivity contribution in [2.24, 2.45) is 0 Å². The maximum atomic E-state index is 12.3. The Labute approximate surface area is 102 Å². The quantitative estimate of drug-likeness (QED) is 0.803. The lowest BCUT2D eigenvalue weighted by Gasteiger charge is -2.20. The average molecular weight is 268 g/mol. The van der Waals surface area contributed by atoms with Gasteiger partial charge in [0.15, 0.2) is 0 Å². The number of hydrogen-bond donors (Lipinski definition) is 0. The molecule has 0 aromatic heterocycles. The molecule has 0 aliphatic rings. The second-order valence-corrected chi connectivity index (χ2v) is 4.01. The molecule has 88 valence electrons. The van der Waals surface area contributed by atoms with Crippen LogP contribution in [0.25, 0.3) is 0 Å². The summed E-state index contributed by atoms with van der Waals surface area (Å²) in [6, 6.07) is 3.15. The van der Waals surface area contributed by atoms with Gasteiger partial charge in [0, 0.05) is 7.05 Å². The van der Waals surface area contributed by atoms with E-state index in [4.69, 9.17) is 23.2 Å². The third kappa shape index (κ3) is 2.44. The van der Waals surface area contributed by atoms with Crippen LogP contribution in [-0.4, -0.2) is 19.4 Å².